The van der Waals surface area contributed by atoms with Crippen LogP contribution in [-0.2, 0) is 16.0 Å². The number of hydrogen-bond acceptors (Lipinski definition) is 2. The van der Waals surface area contributed by atoms with Crippen molar-refractivity contribution in [3.63, 3.8) is 0 Å². The average molecular weight is 288 g/mol. The maximum absolute atomic E-state index is 11.9. The first kappa shape index (κ1) is 15.1. The third-order valence-electron chi connectivity index (χ3n) is 3.49. The molecule has 0 saturated heterocycles. The molecule has 5 nitrogen and oxygen atoms in total. The number of carboxylic acid groups (broad SMARTS) is 1. The maximum Gasteiger partial charge on any atom is 0.303 e. The molecule has 1 aromatic heterocycles. The van der Waals surface area contributed by atoms with E-state index in [-0.39, 0.29) is 12.3 Å². The van der Waals surface area contributed by atoms with Gasteiger partial charge in [-0.3, -0.25) is 9.59 Å². The third kappa shape index (κ3) is 4.08. The van der Waals surface area contributed by atoms with Crippen LogP contribution >= 0.6 is 0 Å². The number of rotatable bonds is 7. The lowest BCUT2D eigenvalue weighted by molar-refractivity contribution is -0.137. The van der Waals surface area contributed by atoms with Crippen LogP contribution < -0.4 is 5.32 Å². The fraction of sp³-hybridized carbons (Fsp3) is 0.375. The SMILES string of the molecule is Cc1cccc2[nH]cc(CC(=O)NCCCCC(=O)O)c12. The van der Waals surface area contributed by atoms with Gasteiger partial charge in [0.15, 0.2) is 0 Å². The lowest BCUT2D eigenvalue weighted by Gasteiger charge is -2.05. The number of aromatic nitrogens is 1. The van der Waals surface area contributed by atoms with Crippen LogP contribution in [0, 0.1) is 6.92 Å². The number of aliphatic carboxylic acids is 1. The second-order valence-electron chi connectivity index (χ2n) is 5.19. The van der Waals surface area contributed by atoms with Gasteiger partial charge in [-0.1, -0.05) is 12.1 Å². The number of benzene rings is 1. The Morgan fingerprint density at radius 1 is 1.29 bits per heavy atom. The molecule has 0 bridgehead atoms. The zero-order valence-corrected chi connectivity index (χ0v) is 12.1. The second-order valence-corrected chi connectivity index (χ2v) is 5.19. The van der Waals surface area contributed by atoms with E-state index in [9.17, 15) is 9.59 Å². The van der Waals surface area contributed by atoms with Crippen LogP contribution in [0.3, 0.4) is 0 Å². The minimum absolute atomic E-state index is 0.0329. The van der Waals surface area contributed by atoms with Gasteiger partial charge in [-0.05, 0) is 37.0 Å². The summed E-state index contributed by atoms with van der Waals surface area (Å²) in [4.78, 5) is 25.5. The summed E-state index contributed by atoms with van der Waals surface area (Å²) in [5, 5.41) is 12.5. The van der Waals surface area contributed by atoms with E-state index >= 15 is 0 Å². The molecule has 1 heterocycles. The van der Waals surface area contributed by atoms with Gasteiger partial charge in [-0.25, -0.2) is 0 Å². The van der Waals surface area contributed by atoms with Gasteiger partial charge in [-0.2, -0.15) is 0 Å². The predicted octanol–water partition coefficient (Wildman–Crippen LogP) is 2.39. The summed E-state index contributed by atoms with van der Waals surface area (Å²) in [6, 6.07) is 6.01. The molecule has 0 unspecified atom stereocenters. The Bertz CT molecular complexity index is 646. The number of hydrogen-bond donors (Lipinski definition) is 3. The molecule has 0 radical (unpaired) electrons. The highest BCUT2D eigenvalue weighted by molar-refractivity contribution is 5.90. The molecule has 0 aliphatic rings. The van der Waals surface area contributed by atoms with Crippen LogP contribution in [0.5, 0.6) is 0 Å². The number of fused-ring (bicyclic) bond motifs is 1. The molecular weight excluding hydrogens is 268 g/mol. The van der Waals surface area contributed by atoms with Gasteiger partial charge in [0.25, 0.3) is 0 Å². The molecule has 1 amide bonds. The lowest BCUT2D eigenvalue weighted by atomic mass is 10.1. The number of unbranched alkanes of at least 4 members (excludes halogenated alkanes) is 1. The summed E-state index contributed by atoms with van der Waals surface area (Å²) in [6.07, 6.45) is 3.63. The number of H-pyrrole nitrogens is 1. The van der Waals surface area contributed by atoms with Crippen LogP contribution in [-0.4, -0.2) is 28.5 Å². The summed E-state index contributed by atoms with van der Waals surface area (Å²) < 4.78 is 0. The summed E-state index contributed by atoms with van der Waals surface area (Å²) >= 11 is 0. The summed E-state index contributed by atoms with van der Waals surface area (Å²) in [5.41, 5.74) is 3.18. The van der Waals surface area contributed by atoms with Crippen molar-refractivity contribution < 1.29 is 14.7 Å². The van der Waals surface area contributed by atoms with Crippen molar-refractivity contribution in [3.05, 3.63) is 35.5 Å². The Morgan fingerprint density at radius 2 is 2.10 bits per heavy atom. The summed E-state index contributed by atoms with van der Waals surface area (Å²) in [7, 11) is 0. The maximum atomic E-state index is 11.9. The molecular formula is C16H20N2O3. The van der Waals surface area contributed by atoms with Crippen LogP contribution in [0.25, 0.3) is 10.9 Å². The molecule has 0 spiro atoms. The summed E-state index contributed by atoms with van der Waals surface area (Å²) in [5.74, 6) is -0.829. The topological polar surface area (TPSA) is 82.2 Å². The van der Waals surface area contributed by atoms with Crippen molar-refractivity contribution >= 4 is 22.8 Å². The minimum atomic E-state index is -0.796. The molecule has 0 atom stereocenters. The quantitative estimate of drug-likeness (QED) is 0.684. The van der Waals surface area contributed by atoms with E-state index in [1.54, 1.807) is 0 Å². The predicted molar refractivity (Wildman–Crippen MR) is 81.2 cm³/mol. The molecule has 112 valence electrons. The number of carbonyl (C=O) groups is 2. The Balaban J connectivity index is 1.86. The molecule has 2 aromatic rings. The second kappa shape index (κ2) is 6.92. The molecule has 5 heteroatoms. The van der Waals surface area contributed by atoms with E-state index < -0.39 is 5.97 Å². The van der Waals surface area contributed by atoms with Crippen molar-refractivity contribution in [3.8, 4) is 0 Å². The summed E-state index contributed by atoms with van der Waals surface area (Å²) in [6.45, 7) is 2.55. The van der Waals surface area contributed by atoms with Gasteiger partial charge >= 0.3 is 5.97 Å². The third-order valence-corrected chi connectivity index (χ3v) is 3.49. The van der Waals surface area contributed by atoms with E-state index in [2.05, 4.69) is 10.3 Å². The highest BCUT2D eigenvalue weighted by Crippen LogP contribution is 2.22. The van der Waals surface area contributed by atoms with Crippen molar-refractivity contribution in [1.82, 2.24) is 10.3 Å². The van der Waals surface area contributed by atoms with E-state index in [0.29, 0.717) is 25.8 Å². The largest absolute Gasteiger partial charge is 0.481 e. The van der Waals surface area contributed by atoms with Crippen LogP contribution in [0.1, 0.15) is 30.4 Å². The Morgan fingerprint density at radius 3 is 2.86 bits per heavy atom. The van der Waals surface area contributed by atoms with E-state index in [4.69, 9.17) is 5.11 Å². The molecule has 2 rings (SSSR count). The first-order valence-corrected chi connectivity index (χ1v) is 7.12. The van der Waals surface area contributed by atoms with Crippen LogP contribution in [0.2, 0.25) is 0 Å². The molecule has 0 fully saturated rings. The van der Waals surface area contributed by atoms with Crippen molar-refractivity contribution in [2.75, 3.05) is 6.54 Å². The fourth-order valence-corrected chi connectivity index (χ4v) is 2.46. The number of carbonyl (C=O) groups excluding carboxylic acids is 1. The standard InChI is InChI=1S/C16H20N2O3/c1-11-5-4-6-13-16(11)12(10-18-13)9-14(19)17-8-3-2-7-15(20)21/h4-6,10,18H,2-3,7-9H2,1H3,(H,17,19)(H,20,21). The van der Waals surface area contributed by atoms with Gasteiger partial charge in [-0.15, -0.1) is 0 Å². The fourth-order valence-electron chi connectivity index (χ4n) is 2.46. The van der Waals surface area contributed by atoms with Gasteiger partial charge in [0.1, 0.15) is 0 Å². The van der Waals surface area contributed by atoms with Gasteiger partial charge < -0.3 is 15.4 Å². The smallest absolute Gasteiger partial charge is 0.303 e. The molecule has 0 saturated carbocycles. The van der Waals surface area contributed by atoms with E-state index in [0.717, 1.165) is 22.0 Å². The minimum Gasteiger partial charge on any atom is -0.481 e. The average Bonchev–Trinajstić information content (AvgIpc) is 2.82. The lowest BCUT2D eigenvalue weighted by Crippen LogP contribution is -2.26. The number of carboxylic acids is 1. The van der Waals surface area contributed by atoms with Crippen LogP contribution in [0.4, 0.5) is 0 Å². The van der Waals surface area contributed by atoms with Gasteiger partial charge in [0.05, 0.1) is 6.42 Å². The number of nitrogens with one attached hydrogen (secondary N) is 2. The number of aromatic amines is 1. The monoisotopic (exact) mass is 288 g/mol. The Hall–Kier alpha value is -2.30. The molecule has 0 aliphatic heterocycles. The van der Waals surface area contributed by atoms with Crippen molar-refractivity contribution in [2.45, 2.75) is 32.6 Å². The first-order valence-electron chi connectivity index (χ1n) is 7.12. The zero-order valence-electron chi connectivity index (χ0n) is 12.1. The van der Waals surface area contributed by atoms with E-state index in [1.165, 1.54) is 0 Å². The number of amides is 1. The Kier molecular flexibility index (Phi) is 4.98. The van der Waals surface area contributed by atoms with Crippen LogP contribution in [0.15, 0.2) is 24.4 Å². The van der Waals surface area contributed by atoms with Crippen molar-refractivity contribution in [2.24, 2.45) is 0 Å². The van der Waals surface area contributed by atoms with Crippen molar-refractivity contribution in [1.29, 1.82) is 0 Å². The molecule has 1 aromatic carbocycles. The normalized spacial score (nSPS) is 10.7. The first-order chi connectivity index (χ1) is 10.1. The van der Waals surface area contributed by atoms with Gasteiger partial charge in [0.2, 0.25) is 5.91 Å². The molecule has 3 N–H and O–H groups in total. The van der Waals surface area contributed by atoms with E-state index in [1.807, 2.05) is 31.3 Å². The zero-order chi connectivity index (χ0) is 15.2. The highest BCUT2D eigenvalue weighted by Gasteiger charge is 2.10. The Labute approximate surface area is 123 Å². The molecule has 0 aliphatic carbocycles. The molecule has 21 heavy (non-hydrogen) atoms. The number of aryl methyl sites for hydroxylation is 1. The highest BCUT2D eigenvalue weighted by atomic mass is 16.4. The van der Waals surface area contributed by atoms with Gasteiger partial charge in [0, 0.05) is 30.1 Å².